The fourth-order valence-electron chi connectivity index (χ4n) is 2.64. The molecule has 1 N–H and O–H groups in total. The summed E-state index contributed by atoms with van der Waals surface area (Å²) in [5.74, 6) is 0. The third kappa shape index (κ3) is 5.53. The lowest BCUT2D eigenvalue weighted by molar-refractivity contribution is 0.217. The highest BCUT2D eigenvalue weighted by atomic mass is 15.1. The summed E-state index contributed by atoms with van der Waals surface area (Å²) in [6, 6.07) is 0.792. The molecule has 0 amide bonds. The SMILES string of the molecule is CN(C)CC(C)(C)CNC1CCCCC1. The normalized spacial score (nSPS) is 19.8. The smallest absolute Gasteiger partial charge is 0.00673 e. The molecule has 2 heteroatoms. The van der Waals surface area contributed by atoms with Crippen molar-refractivity contribution in [1.29, 1.82) is 0 Å². The minimum Gasteiger partial charge on any atom is -0.313 e. The Morgan fingerprint density at radius 1 is 1.13 bits per heavy atom. The standard InChI is InChI=1S/C13H28N2/c1-13(2,11-15(3)4)10-14-12-8-6-5-7-9-12/h12,14H,5-11H2,1-4H3. The predicted octanol–water partition coefficient (Wildman–Crippen LogP) is 2.50. The van der Waals surface area contributed by atoms with Gasteiger partial charge in [0.05, 0.1) is 0 Å². The van der Waals surface area contributed by atoms with Gasteiger partial charge in [0, 0.05) is 19.1 Å². The van der Waals surface area contributed by atoms with Crippen molar-refractivity contribution in [3.8, 4) is 0 Å². The lowest BCUT2D eigenvalue weighted by atomic mass is 9.90. The van der Waals surface area contributed by atoms with E-state index in [4.69, 9.17) is 0 Å². The molecule has 0 spiro atoms. The first kappa shape index (κ1) is 13.0. The highest BCUT2D eigenvalue weighted by Crippen LogP contribution is 2.20. The molecule has 15 heavy (non-hydrogen) atoms. The van der Waals surface area contributed by atoms with Crippen LogP contribution in [0.15, 0.2) is 0 Å². The Kier molecular flexibility index (Phi) is 5.07. The molecular weight excluding hydrogens is 184 g/mol. The zero-order valence-corrected chi connectivity index (χ0v) is 11.0. The van der Waals surface area contributed by atoms with E-state index >= 15 is 0 Å². The summed E-state index contributed by atoms with van der Waals surface area (Å²) in [6.45, 7) is 7.01. The molecular formula is C13H28N2. The lowest BCUT2D eigenvalue weighted by Gasteiger charge is -2.32. The van der Waals surface area contributed by atoms with Crippen LogP contribution in [-0.2, 0) is 0 Å². The summed E-state index contributed by atoms with van der Waals surface area (Å²) >= 11 is 0. The van der Waals surface area contributed by atoms with Crippen LogP contribution in [-0.4, -0.2) is 38.1 Å². The monoisotopic (exact) mass is 212 g/mol. The highest BCUT2D eigenvalue weighted by Gasteiger charge is 2.21. The molecule has 0 radical (unpaired) electrons. The summed E-state index contributed by atoms with van der Waals surface area (Å²) in [4.78, 5) is 2.28. The quantitative estimate of drug-likeness (QED) is 0.753. The molecule has 1 fully saturated rings. The van der Waals surface area contributed by atoms with Crippen LogP contribution < -0.4 is 5.32 Å². The molecule has 0 unspecified atom stereocenters. The Labute approximate surface area is 95.4 Å². The Morgan fingerprint density at radius 3 is 2.27 bits per heavy atom. The zero-order chi connectivity index (χ0) is 11.3. The maximum atomic E-state index is 3.74. The number of rotatable bonds is 5. The van der Waals surface area contributed by atoms with Crippen molar-refractivity contribution >= 4 is 0 Å². The average molecular weight is 212 g/mol. The van der Waals surface area contributed by atoms with Gasteiger partial charge < -0.3 is 10.2 Å². The molecule has 1 rings (SSSR count). The second kappa shape index (κ2) is 5.86. The van der Waals surface area contributed by atoms with Crippen LogP contribution >= 0.6 is 0 Å². The molecule has 0 saturated heterocycles. The molecule has 90 valence electrons. The molecule has 0 atom stereocenters. The van der Waals surface area contributed by atoms with Crippen LogP contribution in [0.3, 0.4) is 0 Å². The molecule has 1 saturated carbocycles. The number of nitrogens with zero attached hydrogens (tertiary/aromatic N) is 1. The van der Waals surface area contributed by atoms with Gasteiger partial charge in [-0.05, 0) is 32.4 Å². The van der Waals surface area contributed by atoms with Crippen LogP contribution in [0.25, 0.3) is 0 Å². The molecule has 0 aliphatic heterocycles. The van der Waals surface area contributed by atoms with Gasteiger partial charge in [0.15, 0.2) is 0 Å². The van der Waals surface area contributed by atoms with E-state index in [2.05, 4.69) is 38.2 Å². The molecule has 1 aliphatic carbocycles. The van der Waals surface area contributed by atoms with Crippen molar-refractivity contribution in [1.82, 2.24) is 10.2 Å². The maximum absolute atomic E-state index is 3.74. The first-order valence-corrected chi connectivity index (χ1v) is 6.38. The summed E-state index contributed by atoms with van der Waals surface area (Å²) in [7, 11) is 4.31. The molecule has 0 aromatic heterocycles. The minimum atomic E-state index is 0.390. The van der Waals surface area contributed by atoms with Gasteiger partial charge >= 0.3 is 0 Å². The predicted molar refractivity (Wildman–Crippen MR) is 67.2 cm³/mol. The minimum absolute atomic E-state index is 0.390. The summed E-state index contributed by atoms with van der Waals surface area (Å²) < 4.78 is 0. The molecule has 2 nitrogen and oxygen atoms in total. The van der Waals surface area contributed by atoms with Crippen molar-refractivity contribution in [2.75, 3.05) is 27.2 Å². The first-order valence-electron chi connectivity index (χ1n) is 6.38. The Bertz CT molecular complexity index is 169. The topological polar surface area (TPSA) is 15.3 Å². The van der Waals surface area contributed by atoms with E-state index in [1.807, 2.05) is 0 Å². The van der Waals surface area contributed by atoms with Gasteiger partial charge in [-0.15, -0.1) is 0 Å². The Hall–Kier alpha value is -0.0800. The summed E-state index contributed by atoms with van der Waals surface area (Å²) in [6.07, 6.45) is 7.06. The van der Waals surface area contributed by atoms with Gasteiger partial charge in [-0.1, -0.05) is 33.1 Å². The van der Waals surface area contributed by atoms with E-state index in [0.717, 1.165) is 19.1 Å². The van der Waals surface area contributed by atoms with Gasteiger partial charge in [-0.25, -0.2) is 0 Å². The first-order chi connectivity index (χ1) is 6.99. The number of hydrogen-bond donors (Lipinski definition) is 1. The van der Waals surface area contributed by atoms with Crippen LogP contribution in [0.2, 0.25) is 0 Å². The van der Waals surface area contributed by atoms with Crippen molar-refractivity contribution in [3.05, 3.63) is 0 Å². The molecule has 1 aliphatic rings. The number of hydrogen-bond acceptors (Lipinski definition) is 2. The van der Waals surface area contributed by atoms with Crippen LogP contribution in [0.5, 0.6) is 0 Å². The third-order valence-electron chi connectivity index (χ3n) is 3.22. The third-order valence-corrected chi connectivity index (χ3v) is 3.22. The van der Waals surface area contributed by atoms with E-state index < -0.39 is 0 Å². The van der Waals surface area contributed by atoms with E-state index in [1.165, 1.54) is 32.1 Å². The molecule has 0 aromatic rings. The highest BCUT2D eigenvalue weighted by molar-refractivity contribution is 4.79. The van der Waals surface area contributed by atoms with Gasteiger partial charge in [0.2, 0.25) is 0 Å². The number of nitrogens with one attached hydrogen (secondary N) is 1. The zero-order valence-electron chi connectivity index (χ0n) is 11.0. The molecule has 0 heterocycles. The molecule has 0 aromatic carbocycles. The van der Waals surface area contributed by atoms with Gasteiger partial charge in [-0.2, -0.15) is 0 Å². The molecule has 0 bridgehead atoms. The Morgan fingerprint density at radius 2 is 1.73 bits per heavy atom. The van der Waals surface area contributed by atoms with Crippen LogP contribution in [0, 0.1) is 5.41 Å². The van der Waals surface area contributed by atoms with Crippen molar-refractivity contribution < 1.29 is 0 Å². The fraction of sp³-hybridized carbons (Fsp3) is 1.00. The van der Waals surface area contributed by atoms with Crippen molar-refractivity contribution in [2.45, 2.75) is 52.0 Å². The van der Waals surface area contributed by atoms with Crippen molar-refractivity contribution in [2.24, 2.45) is 5.41 Å². The Balaban J connectivity index is 2.21. The van der Waals surface area contributed by atoms with Gasteiger partial charge in [-0.3, -0.25) is 0 Å². The van der Waals surface area contributed by atoms with Crippen molar-refractivity contribution in [3.63, 3.8) is 0 Å². The lowest BCUT2D eigenvalue weighted by Crippen LogP contribution is -2.42. The van der Waals surface area contributed by atoms with Gasteiger partial charge in [0.1, 0.15) is 0 Å². The van der Waals surface area contributed by atoms with E-state index in [9.17, 15) is 0 Å². The van der Waals surface area contributed by atoms with Crippen LogP contribution in [0.4, 0.5) is 0 Å². The summed E-state index contributed by atoms with van der Waals surface area (Å²) in [5, 5.41) is 3.74. The van der Waals surface area contributed by atoms with E-state index in [-0.39, 0.29) is 0 Å². The summed E-state index contributed by atoms with van der Waals surface area (Å²) in [5.41, 5.74) is 0.390. The van der Waals surface area contributed by atoms with E-state index in [1.54, 1.807) is 0 Å². The average Bonchev–Trinajstić information content (AvgIpc) is 2.15. The van der Waals surface area contributed by atoms with Crippen LogP contribution in [0.1, 0.15) is 46.0 Å². The second-order valence-electron chi connectivity index (χ2n) is 6.12. The largest absolute Gasteiger partial charge is 0.313 e. The fourth-order valence-corrected chi connectivity index (χ4v) is 2.64. The second-order valence-corrected chi connectivity index (χ2v) is 6.12. The van der Waals surface area contributed by atoms with Gasteiger partial charge in [0.25, 0.3) is 0 Å². The van der Waals surface area contributed by atoms with E-state index in [0.29, 0.717) is 5.41 Å². The maximum Gasteiger partial charge on any atom is 0.00673 e.